The molecule has 1 saturated heterocycles. The van der Waals surface area contributed by atoms with E-state index in [0.29, 0.717) is 13.0 Å². The van der Waals surface area contributed by atoms with Gasteiger partial charge in [-0.25, -0.2) is 4.39 Å². The van der Waals surface area contributed by atoms with Crippen LogP contribution in [0.2, 0.25) is 0 Å². The molecule has 0 bridgehead atoms. The molecule has 2 atom stereocenters. The van der Waals surface area contributed by atoms with Gasteiger partial charge in [0.25, 0.3) is 0 Å². The minimum absolute atomic E-state index is 0.179. The summed E-state index contributed by atoms with van der Waals surface area (Å²) < 4.78 is 12.8. The molecule has 3 nitrogen and oxygen atoms in total. The van der Waals surface area contributed by atoms with E-state index in [0.717, 1.165) is 12.0 Å². The molecule has 92 valence electrons. The zero-order valence-corrected chi connectivity index (χ0v) is 9.74. The van der Waals surface area contributed by atoms with Crippen molar-refractivity contribution in [2.45, 2.75) is 31.2 Å². The van der Waals surface area contributed by atoms with Crippen molar-refractivity contribution >= 4 is 5.97 Å². The van der Waals surface area contributed by atoms with Crippen LogP contribution in [0.15, 0.2) is 24.3 Å². The molecule has 17 heavy (non-hydrogen) atoms. The second kappa shape index (κ2) is 4.45. The SMILES string of the molecule is CC1(C(=O)O)CC(c2ccc(F)cc2)CCN1. The number of nitrogens with one attached hydrogen (secondary N) is 1. The third kappa shape index (κ3) is 2.47. The highest BCUT2D eigenvalue weighted by molar-refractivity contribution is 5.78. The molecule has 0 spiro atoms. The zero-order chi connectivity index (χ0) is 12.5. The molecular weight excluding hydrogens is 221 g/mol. The highest BCUT2D eigenvalue weighted by Crippen LogP contribution is 2.32. The Balaban J connectivity index is 2.17. The average Bonchev–Trinajstić information content (AvgIpc) is 2.30. The van der Waals surface area contributed by atoms with Crippen molar-refractivity contribution in [3.63, 3.8) is 0 Å². The zero-order valence-electron chi connectivity index (χ0n) is 9.74. The Morgan fingerprint density at radius 1 is 1.47 bits per heavy atom. The highest BCUT2D eigenvalue weighted by Gasteiger charge is 2.38. The topological polar surface area (TPSA) is 49.3 Å². The van der Waals surface area contributed by atoms with E-state index in [1.165, 1.54) is 12.1 Å². The molecule has 1 aliphatic heterocycles. The van der Waals surface area contributed by atoms with Crippen molar-refractivity contribution < 1.29 is 14.3 Å². The molecule has 0 aromatic heterocycles. The van der Waals surface area contributed by atoms with Crippen LogP contribution in [0, 0.1) is 5.82 Å². The van der Waals surface area contributed by atoms with Gasteiger partial charge in [0.1, 0.15) is 11.4 Å². The van der Waals surface area contributed by atoms with Crippen LogP contribution in [0.3, 0.4) is 0 Å². The third-order valence-corrected chi connectivity index (χ3v) is 3.48. The van der Waals surface area contributed by atoms with Crippen molar-refractivity contribution in [1.29, 1.82) is 0 Å². The molecule has 2 rings (SSSR count). The first-order valence-corrected chi connectivity index (χ1v) is 5.75. The number of hydrogen-bond acceptors (Lipinski definition) is 2. The lowest BCUT2D eigenvalue weighted by molar-refractivity contribution is -0.145. The van der Waals surface area contributed by atoms with Crippen LogP contribution in [0.1, 0.15) is 31.2 Å². The predicted octanol–water partition coefficient (Wildman–Crippen LogP) is 2.14. The lowest BCUT2D eigenvalue weighted by Crippen LogP contribution is -2.53. The van der Waals surface area contributed by atoms with Crippen molar-refractivity contribution in [2.75, 3.05) is 6.54 Å². The molecule has 2 N–H and O–H groups in total. The van der Waals surface area contributed by atoms with Gasteiger partial charge in [-0.1, -0.05) is 12.1 Å². The van der Waals surface area contributed by atoms with Crippen LogP contribution in [0.4, 0.5) is 4.39 Å². The summed E-state index contributed by atoms with van der Waals surface area (Å²) in [5.74, 6) is -0.911. The molecule has 1 heterocycles. The lowest BCUT2D eigenvalue weighted by Gasteiger charge is -2.36. The van der Waals surface area contributed by atoms with Crippen LogP contribution >= 0.6 is 0 Å². The molecular formula is C13H16FNO2. The molecule has 1 fully saturated rings. The van der Waals surface area contributed by atoms with Gasteiger partial charge in [0.15, 0.2) is 0 Å². The second-order valence-corrected chi connectivity index (χ2v) is 4.81. The number of carboxylic acids is 1. The monoisotopic (exact) mass is 237 g/mol. The average molecular weight is 237 g/mol. The summed E-state index contributed by atoms with van der Waals surface area (Å²) in [7, 11) is 0. The molecule has 1 aliphatic rings. The van der Waals surface area contributed by atoms with Gasteiger partial charge in [-0.3, -0.25) is 4.79 Å². The Morgan fingerprint density at radius 2 is 2.12 bits per heavy atom. The van der Waals surface area contributed by atoms with Gasteiger partial charge in [0, 0.05) is 0 Å². The fourth-order valence-corrected chi connectivity index (χ4v) is 2.37. The Morgan fingerprint density at radius 3 is 2.71 bits per heavy atom. The normalized spacial score (nSPS) is 28.9. The van der Waals surface area contributed by atoms with E-state index in [-0.39, 0.29) is 11.7 Å². The number of piperidine rings is 1. The maximum Gasteiger partial charge on any atom is 0.323 e. The quantitative estimate of drug-likeness (QED) is 0.828. The number of benzene rings is 1. The molecule has 0 aliphatic carbocycles. The minimum Gasteiger partial charge on any atom is -0.480 e. The summed E-state index contributed by atoms with van der Waals surface area (Å²) >= 11 is 0. The van der Waals surface area contributed by atoms with Crippen LogP contribution in [-0.4, -0.2) is 23.2 Å². The molecule has 4 heteroatoms. The van der Waals surface area contributed by atoms with E-state index < -0.39 is 11.5 Å². The summed E-state index contributed by atoms with van der Waals surface area (Å²) in [6.07, 6.45) is 1.42. The summed E-state index contributed by atoms with van der Waals surface area (Å²) in [5, 5.41) is 12.2. The maximum absolute atomic E-state index is 12.8. The predicted molar refractivity (Wildman–Crippen MR) is 62.4 cm³/mol. The fraction of sp³-hybridized carbons (Fsp3) is 0.462. The first kappa shape index (κ1) is 12.0. The van der Waals surface area contributed by atoms with E-state index in [9.17, 15) is 14.3 Å². The molecule has 0 radical (unpaired) electrons. The summed E-state index contributed by atoms with van der Waals surface area (Å²) in [6, 6.07) is 6.34. The largest absolute Gasteiger partial charge is 0.480 e. The van der Waals surface area contributed by atoms with E-state index in [1.807, 2.05) is 0 Å². The summed E-state index contributed by atoms with van der Waals surface area (Å²) in [6.45, 7) is 2.37. The number of rotatable bonds is 2. The van der Waals surface area contributed by atoms with E-state index in [2.05, 4.69) is 5.32 Å². The summed E-state index contributed by atoms with van der Waals surface area (Å²) in [4.78, 5) is 11.2. The maximum atomic E-state index is 12.8. The van der Waals surface area contributed by atoms with Crippen LogP contribution in [0.25, 0.3) is 0 Å². The third-order valence-electron chi connectivity index (χ3n) is 3.48. The van der Waals surface area contributed by atoms with Gasteiger partial charge < -0.3 is 10.4 Å². The molecule has 0 saturated carbocycles. The van der Waals surface area contributed by atoms with Crippen molar-refractivity contribution in [2.24, 2.45) is 0 Å². The minimum atomic E-state index is -0.878. The van der Waals surface area contributed by atoms with Crippen molar-refractivity contribution in [1.82, 2.24) is 5.32 Å². The number of carbonyl (C=O) groups is 1. The standard InChI is InChI=1S/C13H16FNO2/c1-13(12(16)17)8-10(6-7-15-13)9-2-4-11(14)5-3-9/h2-5,10,15H,6-8H2,1H3,(H,16,17). The van der Waals surface area contributed by atoms with Crippen molar-refractivity contribution in [3.8, 4) is 0 Å². The molecule has 0 amide bonds. The first-order valence-electron chi connectivity index (χ1n) is 5.75. The van der Waals surface area contributed by atoms with E-state index >= 15 is 0 Å². The van der Waals surface area contributed by atoms with Crippen LogP contribution < -0.4 is 5.32 Å². The second-order valence-electron chi connectivity index (χ2n) is 4.81. The number of carboxylic acid groups (broad SMARTS) is 1. The van der Waals surface area contributed by atoms with Gasteiger partial charge in [-0.15, -0.1) is 0 Å². The van der Waals surface area contributed by atoms with Crippen molar-refractivity contribution in [3.05, 3.63) is 35.6 Å². The number of hydrogen-bond donors (Lipinski definition) is 2. The van der Waals surface area contributed by atoms with Gasteiger partial charge in [-0.2, -0.15) is 0 Å². The van der Waals surface area contributed by atoms with E-state index in [4.69, 9.17) is 0 Å². The van der Waals surface area contributed by atoms with E-state index in [1.54, 1.807) is 19.1 Å². The highest BCUT2D eigenvalue weighted by atomic mass is 19.1. The Hall–Kier alpha value is -1.42. The summed E-state index contributed by atoms with van der Waals surface area (Å²) in [5.41, 5.74) is 0.137. The Kier molecular flexibility index (Phi) is 3.15. The van der Waals surface area contributed by atoms with Gasteiger partial charge in [-0.05, 0) is 49.9 Å². The number of aliphatic carboxylic acids is 1. The first-order chi connectivity index (χ1) is 8.01. The van der Waals surface area contributed by atoms with Crippen LogP contribution in [0.5, 0.6) is 0 Å². The number of halogens is 1. The van der Waals surface area contributed by atoms with Gasteiger partial charge in [0.05, 0.1) is 0 Å². The molecule has 2 unspecified atom stereocenters. The lowest BCUT2D eigenvalue weighted by atomic mass is 9.79. The Bertz CT molecular complexity index is 418. The fourth-order valence-electron chi connectivity index (χ4n) is 2.37. The smallest absolute Gasteiger partial charge is 0.323 e. The molecule has 1 aromatic rings. The van der Waals surface area contributed by atoms with Crippen LogP contribution in [-0.2, 0) is 4.79 Å². The van der Waals surface area contributed by atoms with Gasteiger partial charge in [0.2, 0.25) is 0 Å². The Labute approximate surface area is 99.7 Å². The molecule has 1 aromatic carbocycles. The van der Waals surface area contributed by atoms with Gasteiger partial charge >= 0.3 is 5.97 Å².